The smallest absolute Gasteiger partial charge is 0.254 e. The molecule has 2 rings (SSSR count). The Morgan fingerprint density at radius 1 is 1.53 bits per heavy atom. The lowest BCUT2D eigenvalue weighted by molar-refractivity contribution is 0.0781. The van der Waals surface area contributed by atoms with E-state index in [0.717, 1.165) is 22.2 Å². The Labute approximate surface area is 103 Å². The molecule has 0 radical (unpaired) electrons. The van der Waals surface area contributed by atoms with Gasteiger partial charge in [0.1, 0.15) is 0 Å². The van der Waals surface area contributed by atoms with E-state index in [9.17, 15) is 4.79 Å². The first kappa shape index (κ1) is 11.0. The van der Waals surface area contributed by atoms with Crippen molar-refractivity contribution >= 4 is 34.5 Å². The van der Waals surface area contributed by atoms with Crippen LogP contribution in [0.4, 0.5) is 0 Å². The second-order valence-electron chi connectivity index (χ2n) is 3.81. The molecule has 0 heterocycles. The average Bonchev–Trinajstić information content (AvgIpc) is 2.99. The summed E-state index contributed by atoms with van der Waals surface area (Å²) in [5.74, 6) is 0.0648. The van der Waals surface area contributed by atoms with Gasteiger partial charge in [0.2, 0.25) is 0 Å². The summed E-state index contributed by atoms with van der Waals surface area (Å²) in [4.78, 5) is 14.6. The predicted molar refractivity (Wildman–Crippen MR) is 66.5 cm³/mol. The Bertz CT molecular complexity index is 404. The van der Waals surface area contributed by atoms with E-state index in [4.69, 9.17) is 0 Å². The summed E-state index contributed by atoms with van der Waals surface area (Å²) in [6.07, 6.45) is 2.25. The molecule has 1 aliphatic carbocycles. The number of carbonyl (C=O) groups is 1. The van der Waals surface area contributed by atoms with Gasteiger partial charge < -0.3 is 4.90 Å². The molecule has 0 bridgehead atoms. The van der Waals surface area contributed by atoms with Crippen LogP contribution < -0.4 is 0 Å². The molecular weight excluding hydrogens is 274 g/mol. The van der Waals surface area contributed by atoms with Crippen LogP contribution in [-0.4, -0.2) is 23.9 Å². The standard InChI is InChI=1S/C11H12BrNOS/c1-13(8-3-4-8)11(14)9-5-2-7(12)6-10(9)15/h2,5-6,8,15H,3-4H2,1H3. The Morgan fingerprint density at radius 2 is 2.20 bits per heavy atom. The maximum absolute atomic E-state index is 12.0. The Morgan fingerprint density at radius 3 is 2.73 bits per heavy atom. The van der Waals surface area contributed by atoms with E-state index in [0.29, 0.717) is 11.6 Å². The van der Waals surface area contributed by atoms with Crippen molar-refractivity contribution in [3.63, 3.8) is 0 Å². The van der Waals surface area contributed by atoms with Gasteiger partial charge in [-0.25, -0.2) is 0 Å². The number of thiol groups is 1. The van der Waals surface area contributed by atoms with Gasteiger partial charge in [0.15, 0.2) is 0 Å². The lowest BCUT2D eigenvalue weighted by Crippen LogP contribution is -2.29. The zero-order chi connectivity index (χ0) is 11.0. The third kappa shape index (κ3) is 2.37. The lowest BCUT2D eigenvalue weighted by atomic mass is 10.2. The highest BCUT2D eigenvalue weighted by molar-refractivity contribution is 9.10. The molecule has 0 spiro atoms. The highest BCUT2D eigenvalue weighted by Gasteiger charge is 2.30. The van der Waals surface area contributed by atoms with Crippen molar-refractivity contribution in [1.82, 2.24) is 4.90 Å². The Hall–Kier alpha value is -0.480. The number of amides is 1. The minimum atomic E-state index is 0.0648. The van der Waals surface area contributed by atoms with E-state index in [1.54, 1.807) is 0 Å². The van der Waals surface area contributed by atoms with Crippen LogP contribution in [0.3, 0.4) is 0 Å². The van der Waals surface area contributed by atoms with Gasteiger partial charge in [-0.15, -0.1) is 12.6 Å². The first-order valence-corrected chi connectivity index (χ1v) is 6.09. The fourth-order valence-corrected chi connectivity index (χ4v) is 2.35. The van der Waals surface area contributed by atoms with Crippen LogP contribution in [-0.2, 0) is 0 Å². The van der Waals surface area contributed by atoms with Crippen molar-refractivity contribution in [3.05, 3.63) is 28.2 Å². The number of rotatable bonds is 2. The van der Waals surface area contributed by atoms with E-state index in [-0.39, 0.29) is 5.91 Å². The molecule has 1 aromatic rings. The van der Waals surface area contributed by atoms with Crippen LogP contribution in [0.2, 0.25) is 0 Å². The number of hydrogen-bond acceptors (Lipinski definition) is 2. The predicted octanol–water partition coefficient (Wildman–Crippen LogP) is 2.97. The molecule has 0 unspecified atom stereocenters. The minimum Gasteiger partial charge on any atom is -0.339 e. The van der Waals surface area contributed by atoms with Gasteiger partial charge in [0, 0.05) is 22.5 Å². The van der Waals surface area contributed by atoms with E-state index in [1.807, 2.05) is 30.1 Å². The fraction of sp³-hybridized carbons (Fsp3) is 0.364. The number of nitrogens with zero attached hydrogens (tertiary/aromatic N) is 1. The SMILES string of the molecule is CN(C(=O)c1ccc(Br)cc1S)C1CC1. The van der Waals surface area contributed by atoms with Crippen molar-refractivity contribution < 1.29 is 4.79 Å². The zero-order valence-electron chi connectivity index (χ0n) is 8.40. The number of benzene rings is 1. The summed E-state index contributed by atoms with van der Waals surface area (Å²) in [5.41, 5.74) is 0.677. The Balaban J connectivity index is 2.24. The third-order valence-electron chi connectivity index (χ3n) is 2.61. The maximum Gasteiger partial charge on any atom is 0.254 e. The molecular formula is C11H12BrNOS. The molecule has 1 fully saturated rings. The summed E-state index contributed by atoms with van der Waals surface area (Å²) in [6, 6.07) is 5.96. The molecule has 0 N–H and O–H groups in total. The monoisotopic (exact) mass is 285 g/mol. The first-order chi connectivity index (χ1) is 7.09. The third-order valence-corrected chi connectivity index (χ3v) is 3.47. The van der Waals surface area contributed by atoms with Crippen LogP contribution in [0, 0.1) is 0 Å². The molecule has 80 valence electrons. The summed E-state index contributed by atoms with van der Waals surface area (Å²) in [6.45, 7) is 0. The van der Waals surface area contributed by atoms with Gasteiger partial charge >= 0.3 is 0 Å². The molecule has 0 aliphatic heterocycles. The second-order valence-corrected chi connectivity index (χ2v) is 5.21. The molecule has 0 aromatic heterocycles. The molecule has 1 saturated carbocycles. The molecule has 1 aromatic carbocycles. The molecule has 1 aliphatic rings. The van der Waals surface area contributed by atoms with Gasteiger partial charge in [-0.3, -0.25) is 4.79 Å². The van der Waals surface area contributed by atoms with Crippen molar-refractivity contribution in [2.75, 3.05) is 7.05 Å². The van der Waals surface area contributed by atoms with Crippen LogP contribution in [0.5, 0.6) is 0 Å². The highest BCUT2D eigenvalue weighted by Crippen LogP contribution is 2.28. The van der Waals surface area contributed by atoms with Crippen molar-refractivity contribution in [1.29, 1.82) is 0 Å². The summed E-state index contributed by atoms with van der Waals surface area (Å²) < 4.78 is 0.943. The molecule has 0 atom stereocenters. The average molecular weight is 286 g/mol. The van der Waals surface area contributed by atoms with Gasteiger partial charge in [-0.1, -0.05) is 15.9 Å². The van der Waals surface area contributed by atoms with Crippen LogP contribution >= 0.6 is 28.6 Å². The molecule has 2 nitrogen and oxygen atoms in total. The molecule has 1 amide bonds. The van der Waals surface area contributed by atoms with E-state index in [2.05, 4.69) is 28.6 Å². The summed E-state index contributed by atoms with van der Waals surface area (Å²) >= 11 is 7.66. The van der Waals surface area contributed by atoms with Crippen LogP contribution in [0.1, 0.15) is 23.2 Å². The van der Waals surface area contributed by atoms with Crippen molar-refractivity contribution in [3.8, 4) is 0 Å². The van der Waals surface area contributed by atoms with Gasteiger partial charge in [-0.05, 0) is 31.0 Å². The normalized spacial score (nSPS) is 15.1. The Kier molecular flexibility index (Phi) is 3.07. The number of halogens is 1. The zero-order valence-corrected chi connectivity index (χ0v) is 10.9. The number of hydrogen-bond donors (Lipinski definition) is 1. The minimum absolute atomic E-state index is 0.0648. The van der Waals surface area contributed by atoms with Crippen LogP contribution in [0.25, 0.3) is 0 Å². The molecule has 4 heteroatoms. The van der Waals surface area contributed by atoms with Gasteiger partial charge in [-0.2, -0.15) is 0 Å². The number of carbonyl (C=O) groups excluding carboxylic acids is 1. The summed E-state index contributed by atoms with van der Waals surface area (Å²) in [5, 5.41) is 0. The largest absolute Gasteiger partial charge is 0.339 e. The first-order valence-electron chi connectivity index (χ1n) is 4.85. The lowest BCUT2D eigenvalue weighted by Gasteiger charge is -2.17. The fourth-order valence-electron chi connectivity index (χ4n) is 1.50. The van der Waals surface area contributed by atoms with Gasteiger partial charge in [0.05, 0.1) is 5.56 Å². The van der Waals surface area contributed by atoms with E-state index >= 15 is 0 Å². The molecule has 0 saturated heterocycles. The van der Waals surface area contributed by atoms with Crippen molar-refractivity contribution in [2.24, 2.45) is 0 Å². The van der Waals surface area contributed by atoms with E-state index < -0.39 is 0 Å². The quantitative estimate of drug-likeness (QED) is 0.829. The van der Waals surface area contributed by atoms with Gasteiger partial charge in [0.25, 0.3) is 5.91 Å². The maximum atomic E-state index is 12.0. The van der Waals surface area contributed by atoms with Crippen molar-refractivity contribution in [2.45, 2.75) is 23.8 Å². The van der Waals surface area contributed by atoms with Crippen LogP contribution in [0.15, 0.2) is 27.6 Å². The van der Waals surface area contributed by atoms with E-state index in [1.165, 1.54) is 0 Å². The summed E-state index contributed by atoms with van der Waals surface area (Å²) in [7, 11) is 1.86. The second kappa shape index (κ2) is 4.18. The highest BCUT2D eigenvalue weighted by atomic mass is 79.9. The molecule has 15 heavy (non-hydrogen) atoms. The topological polar surface area (TPSA) is 20.3 Å².